The highest BCUT2D eigenvalue weighted by Crippen LogP contribution is 2.11. The van der Waals surface area contributed by atoms with Gasteiger partial charge in [0, 0.05) is 19.8 Å². The first-order valence-electron chi connectivity index (χ1n) is 4.14. The smallest absolute Gasteiger partial charge is 0.330 e. The molecule has 1 aliphatic rings. The number of imide groups is 1. The molecule has 0 aromatic carbocycles. The number of carbonyl (C=O) groups excluding carboxylic acids is 3. The lowest BCUT2D eigenvalue weighted by Gasteiger charge is -2.09. The molecule has 0 bridgehead atoms. The summed E-state index contributed by atoms with van der Waals surface area (Å²) in [7, 11) is 0. The molecule has 0 aromatic rings. The highest BCUT2D eigenvalue weighted by atomic mass is 16.7. The molecule has 0 aliphatic carbocycles. The maximum atomic E-state index is 10.7. The Bertz CT molecular complexity index is 244. The molecule has 0 N–H and O–H groups in total. The first kappa shape index (κ1) is 12.3. The number of nitrogens with zero attached hydrogens (tertiary/aromatic N) is 1. The van der Waals surface area contributed by atoms with Gasteiger partial charge in [-0.15, -0.1) is 11.6 Å². The summed E-state index contributed by atoms with van der Waals surface area (Å²) in [5.41, 5.74) is 0. The quantitative estimate of drug-likeness (QED) is 0.463. The van der Waals surface area contributed by atoms with E-state index in [4.69, 9.17) is 0 Å². The van der Waals surface area contributed by atoms with Gasteiger partial charge >= 0.3 is 5.97 Å². The summed E-state index contributed by atoms with van der Waals surface area (Å²) in [6.45, 7) is 6.39. The van der Waals surface area contributed by atoms with Crippen LogP contribution in [-0.2, 0) is 19.2 Å². The number of hydroxylamine groups is 2. The topological polar surface area (TPSA) is 63.7 Å². The molecular weight excluding hydrogens is 186 g/mol. The second kappa shape index (κ2) is 5.90. The van der Waals surface area contributed by atoms with Crippen LogP contribution in [0.2, 0.25) is 0 Å². The first-order chi connectivity index (χ1) is 6.52. The Morgan fingerprint density at radius 3 is 2.07 bits per heavy atom. The van der Waals surface area contributed by atoms with E-state index in [1.807, 2.05) is 6.92 Å². The first-order valence-corrected chi connectivity index (χ1v) is 4.14. The Labute approximate surface area is 82.3 Å². The number of amides is 2. The lowest BCUT2D eigenvalue weighted by molar-refractivity contribution is -0.195. The van der Waals surface area contributed by atoms with Crippen LogP contribution in [0.15, 0.2) is 12.7 Å². The van der Waals surface area contributed by atoms with Crippen molar-refractivity contribution in [3.05, 3.63) is 12.7 Å². The molecule has 0 unspecified atom stereocenters. The lowest BCUT2D eigenvalue weighted by atomic mass is 10.4. The fraction of sp³-hybridized carbons (Fsp3) is 0.444. The Balaban J connectivity index is 0.000000500. The van der Waals surface area contributed by atoms with Crippen LogP contribution < -0.4 is 0 Å². The summed E-state index contributed by atoms with van der Waals surface area (Å²) in [4.78, 5) is 36.1. The minimum Gasteiger partial charge on any atom is -0.331 e. The van der Waals surface area contributed by atoms with Crippen molar-refractivity contribution < 1.29 is 19.2 Å². The van der Waals surface area contributed by atoms with Crippen LogP contribution >= 0.6 is 0 Å². The molecule has 1 saturated heterocycles. The minimum absolute atomic E-state index is 0.131. The summed E-state index contributed by atoms with van der Waals surface area (Å²) < 4.78 is 0. The third-order valence-corrected chi connectivity index (χ3v) is 1.23. The summed E-state index contributed by atoms with van der Waals surface area (Å²) in [6, 6.07) is 0. The van der Waals surface area contributed by atoms with E-state index < -0.39 is 17.8 Å². The monoisotopic (exact) mass is 199 g/mol. The number of rotatable bonds is 1. The van der Waals surface area contributed by atoms with E-state index >= 15 is 0 Å². The summed E-state index contributed by atoms with van der Waals surface area (Å²) in [6.07, 6.45) is 2.01. The molecule has 14 heavy (non-hydrogen) atoms. The van der Waals surface area contributed by atoms with Gasteiger partial charge in [0.05, 0.1) is 0 Å². The van der Waals surface area contributed by atoms with Gasteiger partial charge in [0.15, 0.2) is 0 Å². The lowest BCUT2D eigenvalue weighted by Crippen LogP contribution is -2.30. The molecule has 5 heteroatoms. The van der Waals surface area contributed by atoms with Gasteiger partial charge in [-0.3, -0.25) is 9.59 Å². The molecule has 1 heterocycles. The standard InChI is InChI=1S/C6H7NO4.C3H6/c1-4(8)11-7-5(9)2-3-6(7)10;1-3-2/h2-3H2,1H3;3H,1H2,2H3. The maximum Gasteiger partial charge on any atom is 0.330 e. The SMILES string of the molecule is C=CC.CC(=O)ON1C(=O)CCC1=O. The Morgan fingerprint density at radius 1 is 1.43 bits per heavy atom. The van der Waals surface area contributed by atoms with E-state index in [-0.39, 0.29) is 12.8 Å². The van der Waals surface area contributed by atoms with Crippen molar-refractivity contribution in [3.8, 4) is 0 Å². The molecule has 1 rings (SSSR count). The number of hydrogen-bond acceptors (Lipinski definition) is 4. The molecule has 78 valence electrons. The van der Waals surface area contributed by atoms with E-state index in [1.54, 1.807) is 6.08 Å². The third kappa shape index (κ3) is 3.84. The van der Waals surface area contributed by atoms with E-state index in [0.717, 1.165) is 6.92 Å². The van der Waals surface area contributed by atoms with Crippen LogP contribution in [0.5, 0.6) is 0 Å². The number of allylic oxidation sites excluding steroid dienone is 1. The van der Waals surface area contributed by atoms with E-state index in [9.17, 15) is 14.4 Å². The molecule has 1 fully saturated rings. The van der Waals surface area contributed by atoms with E-state index in [0.29, 0.717) is 5.06 Å². The van der Waals surface area contributed by atoms with Crippen molar-refractivity contribution in [2.45, 2.75) is 26.7 Å². The van der Waals surface area contributed by atoms with Crippen LogP contribution in [-0.4, -0.2) is 22.8 Å². The molecule has 0 spiro atoms. The summed E-state index contributed by atoms with van der Waals surface area (Å²) >= 11 is 0. The van der Waals surface area contributed by atoms with Gasteiger partial charge in [0.1, 0.15) is 0 Å². The van der Waals surface area contributed by atoms with Gasteiger partial charge in [-0.2, -0.15) is 0 Å². The van der Waals surface area contributed by atoms with Crippen LogP contribution in [0.25, 0.3) is 0 Å². The molecule has 0 aromatic heterocycles. The van der Waals surface area contributed by atoms with Gasteiger partial charge in [-0.25, -0.2) is 4.79 Å². The molecule has 0 atom stereocenters. The summed E-state index contributed by atoms with van der Waals surface area (Å²) in [5, 5.41) is 0.516. The fourth-order valence-corrected chi connectivity index (χ4v) is 0.786. The van der Waals surface area contributed by atoms with Gasteiger partial charge in [-0.1, -0.05) is 6.08 Å². The van der Waals surface area contributed by atoms with Crippen LogP contribution in [0, 0.1) is 0 Å². The van der Waals surface area contributed by atoms with Crippen LogP contribution in [0.3, 0.4) is 0 Å². The minimum atomic E-state index is -0.659. The highest BCUT2D eigenvalue weighted by molar-refractivity contribution is 6.01. The third-order valence-electron chi connectivity index (χ3n) is 1.23. The van der Waals surface area contributed by atoms with E-state index in [2.05, 4.69) is 11.4 Å². The average Bonchev–Trinajstić information content (AvgIpc) is 2.37. The van der Waals surface area contributed by atoms with Gasteiger partial charge in [-0.05, 0) is 6.92 Å². The van der Waals surface area contributed by atoms with Crippen molar-refractivity contribution in [1.29, 1.82) is 0 Å². The second-order valence-corrected chi connectivity index (χ2v) is 2.57. The zero-order valence-corrected chi connectivity index (χ0v) is 8.28. The molecule has 2 amide bonds. The van der Waals surface area contributed by atoms with Crippen molar-refractivity contribution in [2.75, 3.05) is 0 Å². The van der Waals surface area contributed by atoms with Gasteiger partial charge < -0.3 is 4.84 Å². The normalized spacial score (nSPS) is 14.6. The predicted octanol–water partition coefficient (Wildman–Crippen LogP) is 0.806. The van der Waals surface area contributed by atoms with Crippen LogP contribution in [0.1, 0.15) is 26.7 Å². The molecular formula is C9H13NO4. The van der Waals surface area contributed by atoms with E-state index in [1.165, 1.54) is 0 Å². The zero-order valence-electron chi connectivity index (χ0n) is 8.28. The molecule has 0 saturated carbocycles. The Morgan fingerprint density at radius 2 is 1.79 bits per heavy atom. The molecule has 5 nitrogen and oxygen atoms in total. The van der Waals surface area contributed by atoms with Crippen molar-refractivity contribution in [3.63, 3.8) is 0 Å². The second-order valence-electron chi connectivity index (χ2n) is 2.57. The molecule has 0 radical (unpaired) electrons. The number of carbonyl (C=O) groups is 3. The van der Waals surface area contributed by atoms with Gasteiger partial charge in [0.25, 0.3) is 11.8 Å². The number of hydrogen-bond donors (Lipinski definition) is 0. The zero-order chi connectivity index (χ0) is 11.1. The summed E-state index contributed by atoms with van der Waals surface area (Å²) in [5.74, 6) is -1.57. The predicted molar refractivity (Wildman–Crippen MR) is 48.7 cm³/mol. The average molecular weight is 199 g/mol. The van der Waals surface area contributed by atoms with Crippen LogP contribution in [0.4, 0.5) is 0 Å². The Kier molecular flexibility index (Phi) is 5.21. The highest BCUT2D eigenvalue weighted by Gasteiger charge is 2.31. The van der Waals surface area contributed by atoms with Crippen molar-refractivity contribution in [1.82, 2.24) is 5.06 Å². The largest absolute Gasteiger partial charge is 0.331 e. The molecule has 1 aliphatic heterocycles. The van der Waals surface area contributed by atoms with Gasteiger partial charge in [0.2, 0.25) is 0 Å². The Hall–Kier alpha value is -1.65. The van der Waals surface area contributed by atoms with Crippen molar-refractivity contribution in [2.24, 2.45) is 0 Å². The van der Waals surface area contributed by atoms with Crippen molar-refractivity contribution >= 4 is 17.8 Å². The maximum absolute atomic E-state index is 10.7. The fourth-order valence-electron chi connectivity index (χ4n) is 0.786.